The molecule has 2 aliphatic heterocycles. The van der Waals surface area contributed by atoms with E-state index < -0.39 is 0 Å². The van der Waals surface area contributed by atoms with E-state index in [4.69, 9.17) is 0 Å². The van der Waals surface area contributed by atoms with Gasteiger partial charge in [0.25, 0.3) is 0 Å². The first kappa shape index (κ1) is 22.9. The third-order valence-electron chi connectivity index (χ3n) is 5.16. The summed E-state index contributed by atoms with van der Waals surface area (Å²) in [6, 6.07) is 4.43. The molecule has 10 heteroatoms. The number of rotatable bonds is 6. The van der Waals surface area contributed by atoms with Crippen molar-refractivity contribution in [1.29, 1.82) is 0 Å². The number of aliphatic imine (C=N–C) groups is 1. The van der Waals surface area contributed by atoms with Crippen molar-refractivity contribution >= 4 is 53.2 Å². The van der Waals surface area contributed by atoms with Crippen LogP contribution in [0, 0.1) is 5.92 Å². The van der Waals surface area contributed by atoms with Gasteiger partial charge in [-0.1, -0.05) is 6.07 Å². The van der Waals surface area contributed by atoms with Crippen LogP contribution in [-0.4, -0.2) is 74.5 Å². The number of nitrogens with one attached hydrogen (secondary N) is 3. The zero-order valence-electron chi connectivity index (χ0n) is 16.3. The topological polar surface area (TPSA) is 89.1 Å². The molecule has 3 N–H and O–H groups in total. The van der Waals surface area contributed by atoms with Crippen LogP contribution in [0.2, 0.25) is 0 Å². The molecule has 3 amide bonds. The summed E-state index contributed by atoms with van der Waals surface area (Å²) in [5.41, 5.74) is 0. The van der Waals surface area contributed by atoms with Crippen LogP contribution >= 0.6 is 35.3 Å². The fraction of sp³-hybridized carbons (Fsp3) is 0.611. The molecule has 8 nitrogen and oxygen atoms in total. The molecule has 2 unspecified atom stereocenters. The van der Waals surface area contributed by atoms with Gasteiger partial charge in [0.15, 0.2) is 5.96 Å². The molecule has 0 aromatic carbocycles. The molecule has 1 aromatic rings. The minimum absolute atomic E-state index is 0. The van der Waals surface area contributed by atoms with Gasteiger partial charge in [-0.15, -0.1) is 35.3 Å². The van der Waals surface area contributed by atoms with Crippen LogP contribution in [0.25, 0.3) is 0 Å². The van der Waals surface area contributed by atoms with Crippen molar-refractivity contribution in [1.82, 2.24) is 25.8 Å². The smallest absolute Gasteiger partial charge is 0.324 e. The summed E-state index contributed by atoms with van der Waals surface area (Å²) in [6.07, 6.45) is 2.38. The Bertz CT molecular complexity index is 668. The highest BCUT2D eigenvalue weighted by Crippen LogP contribution is 2.36. The average Bonchev–Trinajstić information content (AvgIpc) is 3.29. The number of imide groups is 1. The maximum Gasteiger partial charge on any atom is 0.324 e. The van der Waals surface area contributed by atoms with E-state index in [2.05, 4.69) is 50.4 Å². The van der Waals surface area contributed by atoms with E-state index in [1.54, 1.807) is 7.05 Å². The Hall–Kier alpha value is -1.40. The highest BCUT2D eigenvalue weighted by atomic mass is 127. The van der Waals surface area contributed by atoms with E-state index in [1.807, 2.05) is 11.3 Å². The summed E-state index contributed by atoms with van der Waals surface area (Å²) in [7, 11) is 3.93. The van der Waals surface area contributed by atoms with Gasteiger partial charge in [-0.2, -0.15) is 0 Å². The lowest BCUT2D eigenvalue weighted by atomic mass is 9.88. The maximum atomic E-state index is 11.6. The zero-order chi connectivity index (χ0) is 19.2. The monoisotopic (exact) mass is 520 g/mol. The van der Waals surface area contributed by atoms with E-state index in [9.17, 15) is 9.59 Å². The van der Waals surface area contributed by atoms with Crippen molar-refractivity contribution in [2.45, 2.75) is 18.9 Å². The Morgan fingerprint density at radius 1 is 1.39 bits per heavy atom. The lowest BCUT2D eigenvalue weighted by Crippen LogP contribution is -2.46. The first-order valence-corrected chi connectivity index (χ1v) is 10.2. The minimum Gasteiger partial charge on any atom is -0.356 e. The lowest BCUT2D eigenvalue weighted by Gasteiger charge is -2.39. The normalized spacial score (nSPS) is 23.4. The summed E-state index contributed by atoms with van der Waals surface area (Å²) in [5, 5.41) is 11.3. The van der Waals surface area contributed by atoms with Gasteiger partial charge in [0.2, 0.25) is 5.91 Å². The van der Waals surface area contributed by atoms with Crippen LogP contribution in [0.5, 0.6) is 0 Å². The first-order valence-electron chi connectivity index (χ1n) is 9.36. The van der Waals surface area contributed by atoms with Gasteiger partial charge in [0.05, 0.1) is 6.54 Å². The van der Waals surface area contributed by atoms with Gasteiger partial charge < -0.3 is 16.0 Å². The number of nitrogens with zero attached hydrogens (tertiary/aromatic N) is 3. The molecule has 0 spiro atoms. The number of halogens is 1. The highest BCUT2D eigenvalue weighted by Gasteiger charge is 2.31. The molecule has 1 aromatic heterocycles. The predicted octanol–water partition coefficient (Wildman–Crippen LogP) is 1.47. The molecule has 2 atom stereocenters. The number of amides is 3. The standard InChI is InChI=1S/C18H28N6O2S.HI/c1-19-17(20-7-9-24-15(25)12-22-18(24)26)21-11-13-5-3-8-23(2)16(13)14-6-4-10-27-14;/h4,6,10,13,16H,3,5,7-9,11-12H2,1-2H3,(H,22,26)(H2,19,20,21);1H. The summed E-state index contributed by atoms with van der Waals surface area (Å²) in [6.45, 7) is 2.84. The number of carbonyl (C=O) groups is 2. The van der Waals surface area contributed by atoms with E-state index in [-0.39, 0.29) is 42.5 Å². The van der Waals surface area contributed by atoms with Crippen LogP contribution in [0.1, 0.15) is 23.8 Å². The van der Waals surface area contributed by atoms with Crippen molar-refractivity contribution in [3.8, 4) is 0 Å². The van der Waals surface area contributed by atoms with Crippen LogP contribution in [0.15, 0.2) is 22.5 Å². The van der Waals surface area contributed by atoms with Gasteiger partial charge in [-0.05, 0) is 43.8 Å². The largest absolute Gasteiger partial charge is 0.356 e. The van der Waals surface area contributed by atoms with Crippen molar-refractivity contribution in [2.24, 2.45) is 10.9 Å². The van der Waals surface area contributed by atoms with E-state index in [0.29, 0.717) is 31.0 Å². The Morgan fingerprint density at radius 3 is 2.86 bits per heavy atom. The molecule has 2 aliphatic rings. The molecular weight excluding hydrogens is 491 g/mol. The first-order chi connectivity index (χ1) is 13.1. The van der Waals surface area contributed by atoms with Crippen molar-refractivity contribution < 1.29 is 9.59 Å². The average molecular weight is 520 g/mol. The van der Waals surface area contributed by atoms with Crippen molar-refractivity contribution in [3.63, 3.8) is 0 Å². The molecule has 0 aliphatic carbocycles. The van der Waals surface area contributed by atoms with Crippen LogP contribution in [0.3, 0.4) is 0 Å². The molecule has 0 radical (unpaired) electrons. The third-order valence-corrected chi connectivity index (χ3v) is 6.10. The van der Waals surface area contributed by atoms with Crippen molar-refractivity contribution in [2.75, 3.05) is 46.8 Å². The Balaban J connectivity index is 0.00000280. The quantitative estimate of drug-likeness (QED) is 0.229. The van der Waals surface area contributed by atoms with E-state index in [0.717, 1.165) is 13.1 Å². The van der Waals surface area contributed by atoms with Gasteiger partial charge in [0.1, 0.15) is 0 Å². The van der Waals surface area contributed by atoms with Gasteiger partial charge >= 0.3 is 6.03 Å². The molecule has 2 saturated heterocycles. The minimum atomic E-state index is -0.325. The second kappa shape index (κ2) is 11.0. The number of thiophene rings is 1. The number of carbonyl (C=O) groups excluding carboxylic acids is 2. The number of guanidine groups is 1. The molecule has 28 heavy (non-hydrogen) atoms. The molecular formula is C18H29IN6O2S. The van der Waals surface area contributed by atoms with Gasteiger partial charge in [-0.25, -0.2) is 4.79 Å². The summed E-state index contributed by atoms with van der Waals surface area (Å²) in [4.78, 5) is 32.5. The molecule has 3 heterocycles. The number of hydrogen-bond acceptors (Lipinski definition) is 5. The maximum absolute atomic E-state index is 11.6. The lowest BCUT2D eigenvalue weighted by molar-refractivity contribution is -0.124. The fourth-order valence-electron chi connectivity index (χ4n) is 3.80. The summed E-state index contributed by atoms with van der Waals surface area (Å²) in [5.74, 6) is 1.01. The second-order valence-electron chi connectivity index (χ2n) is 6.93. The Labute approximate surface area is 187 Å². The Morgan fingerprint density at radius 2 is 2.21 bits per heavy atom. The molecule has 3 rings (SSSR count). The van der Waals surface area contributed by atoms with E-state index in [1.165, 1.54) is 22.6 Å². The molecule has 2 fully saturated rings. The summed E-state index contributed by atoms with van der Waals surface area (Å²) >= 11 is 1.81. The number of piperidine rings is 1. The Kier molecular flexibility index (Phi) is 8.96. The van der Waals surface area contributed by atoms with Gasteiger partial charge in [-0.3, -0.25) is 19.6 Å². The van der Waals surface area contributed by atoms with Crippen LogP contribution in [0.4, 0.5) is 4.79 Å². The second-order valence-corrected chi connectivity index (χ2v) is 7.91. The number of likely N-dealkylation sites (tertiary alicyclic amines) is 1. The number of hydrogen-bond donors (Lipinski definition) is 3. The number of urea groups is 1. The fourth-order valence-corrected chi connectivity index (χ4v) is 4.78. The molecule has 0 saturated carbocycles. The molecule has 156 valence electrons. The van der Waals surface area contributed by atoms with Gasteiger partial charge in [0, 0.05) is 37.6 Å². The van der Waals surface area contributed by atoms with E-state index >= 15 is 0 Å². The molecule has 0 bridgehead atoms. The summed E-state index contributed by atoms with van der Waals surface area (Å²) < 4.78 is 0. The van der Waals surface area contributed by atoms with Crippen LogP contribution < -0.4 is 16.0 Å². The SMILES string of the molecule is CN=C(NCCN1C(=O)CNC1=O)NCC1CCCN(C)C1c1cccs1.I. The van der Waals surface area contributed by atoms with Crippen molar-refractivity contribution in [3.05, 3.63) is 22.4 Å². The third kappa shape index (κ3) is 5.57. The predicted molar refractivity (Wildman–Crippen MR) is 122 cm³/mol. The highest BCUT2D eigenvalue weighted by molar-refractivity contribution is 14.0. The van der Waals surface area contributed by atoms with Crippen LogP contribution in [-0.2, 0) is 4.79 Å². The zero-order valence-corrected chi connectivity index (χ0v) is 19.5.